The first-order valence-electron chi connectivity index (χ1n) is 5.82. The van der Waals surface area contributed by atoms with Crippen molar-refractivity contribution < 1.29 is 0 Å². The summed E-state index contributed by atoms with van der Waals surface area (Å²) in [5, 5.41) is 1.86. The van der Waals surface area contributed by atoms with E-state index < -0.39 is 0 Å². The first kappa shape index (κ1) is 13.6. The van der Waals surface area contributed by atoms with E-state index in [1.807, 2.05) is 0 Å². The molecule has 0 unspecified atom stereocenters. The number of hydrogen-bond donors (Lipinski definition) is 1. The lowest BCUT2D eigenvalue weighted by Gasteiger charge is -2.13. The summed E-state index contributed by atoms with van der Waals surface area (Å²) in [6.45, 7) is 8.53. The minimum absolute atomic E-state index is 0.0406. The molecular weight excluding hydrogens is 308 g/mol. The number of benzene rings is 1. The maximum atomic E-state index is 6.10. The van der Waals surface area contributed by atoms with Crippen molar-refractivity contribution in [3.05, 3.63) is 33.2 Å². The van der Waals surface area contributed by atoms with E-state index in [9.17, 15) is 0 Å². The van der Waals surface area contributed by atoms with E-state index in [1.165, 1.54) is 5.56 Å². The van der Waals surface area contributed by atoms with Gasteiger partial charge in [0.05, 0.1) is 0 Å². The molecule has 2 rings (SSSR count). The quantitative estimate of drug-likeness (QED) is 0.821. The van der Waals surface area contributed by atoms with Crippen LogP contribution >= 0.6 is 27.3 Å². The monoisotopic (exact) mass is 324 g/mol. The molecule has 0 aliphatic carbocycles. The molecule has 0 saturated heterocycles. The van der Waals surface area contributed by atoms with E-state index in [4.69, 9.17) is 10.7 Å². The standard InChI is InChI=1S/C14H17BrN2S/c1-8-5-6-9(7-10(8)15)11-12(16)18-13(17-11)14(2,3)4/h5-7H,16H2,1-4H3. The predicted octanol–water partition coefficient (Wildman–Crippen LogP) is 4.76. The van der Waals surface area contributed by atoms with Gasteiger partial charge in [-0.3, -0.25) is 0 Å². The molecule has 18 heavy (non-hydrogen) atoms. The number of nitrogens with zero attached hydrogens (tertiary/aromatic N) is 1. The van der Waals surface area contributed by atoms with Crippen molar-refractivity contribution in [1.29, 1.82) is 0 Å². The van der Waals surface area contributed by atoms with Crippen LogP contribution in [0.2, 0.25) is 0 Å². The Labute approximate surface area is 120 Å². The Hall–Kier alpha value is -0.870. The smallest absolute Gasteiger partial charge is 0.114 e. The van der Waals surface area contributed by atoms with Crippen LogP contribution in [0.15, 0.2) is 22.7 Å². The van der Waals surface area contributed by atoms with Crippen molar-refractivity contribution in [3.8, 4) is 11.3 Å². The maximum Gasteiger partial charge on any atom is 0.114 e. The van der Waals surface area contributed by atoms with E-state index in [-0.39, 0.29) is 5.41 Å². The Morgan fingerprint density at radius 3 is 2.44 bits per heavy atom. The molecule has 0 atom stereocenters. The average Bonchev–Trinajstić information content (AvgIpc) is 2.64. The summed E-state index contributed by atoms with van der Waals surface area (Å²) in [5.74, 6) is 0. The highest BCUT2D eigenvalue weighted by Crippen LogP contribution is 2.37. The first-order chi connectivity index (χ1) is 8.29. The molecule has 2 N–H and O–H groups in total. The summed E-state index contributed by atoms with van der Waals surface area (Å²) >= 11 is 5.13. The molecule has 1 aromatic heterocycles. The molecule has 0 bridgehead atoms. The fraction of sp³-hybridized carbons (Fsp3) is 0.357. The molecule has 0 aliphatic heterocycles. The van der Waals surface area contributed by atoms with Crippen LogP contribution in [0.5, 0.6) is 0 Å². The number of aromatic nitrogens is 1. The largest absolute Gasteiger partial charge is 0.389 e. The molecule has 0 fully saturated rings. The van der Waals surface area contributed by atoms with Crippen molar-refractivity contribution in [3.63, 3.8) is 0 Å². The third kappa shape index (κ3) is 2.59. The van der Waals surface area contributed by atoms with Crippen molar-refractivity contribution in [1.82, 2.24) is 4.98 Å². The van der Waals surface area contributed by atoms with Gasteiger partial charge in [-0.25, -0.2) is 4.98 Å². The zero-order valence-corrected chi connectivity index (χ0v) is 13.4. The van der Waals surface area contributed by atoms with Crippen LogP contribution in [0.4, 0.5) is 5.00 Å². The number of rotatable bonds is 1. The van der Waals surface area contributed by atoms with Gasteiger partial charge in [0.25, 0.3) is 0 Å². The van der Waals surface area contributed by atoms with E-state index in [2.05, 4.69) is 61.8 Å². The Morgan fingerprint density at radius 1 is 1.28 bits per heavy atom. The van der Waals surface area contributed by atoms with Gasteiger partial charge in [-0.2, -0.15) is 0 Å². The third-order valence-corrected chi connectivity index (χ3v) is 4.90. The third-order valence-electron chi connectivity index (χ3n) is 2.74. The van der Waals surface area contributed by atoms with Gasteiger partial charge < -0.3 is 5.73 Å². The van der Waals surface area contributed by atoms with Crippen LogP contribution in [-0.2, 0) is 5.41 Å². The molecule has 1 aromatic carbocycles. The lowest BCUT2D eigenvalue weighted by Crippen LogP contribution is -2.10. The molecule has 0 aliphatic rings. The Morgan fingerprint density at radius 2 is 1.94 bits per heavy atom. The second-order valence-corrected chi connectivity index (χ2v) is 7.33. The SMILES string of the molecule is Cc1ccc(-c2nc(C(C)(C)C)sc2N)cc1Br. The van der Waals surface area contributed by atoms with Crippen LogP contribution < -0.4 is 5.73 Å². The summed E-state index contributed by atoms with van der Waals surface area (Å²) in [4.78, 5) is 4.69. The number of anilines is 1. The van der Waals surface area contributed by atoms with E-state index in [0.717, 1.165) is 25.7 Å². The Balaban J connectivity index is 2.51. The zero-order chi connectivity index (χ0) is 13.5. The number of hydrogen-bond acceptors (Lipinski definition) is 3. The summed E-state index contributed by atoms with van der Waals surface area (Å²) in [6.07, 6.45) is 0. The van der Waals surface area contributed by atoms with Gasteiger partial charge in [0.1, 0.15) is 15.7 Å². The van der Waals surface area contributed by atoms with Gasteiger partial charge in [0.15, 0.2) is 0 Å². The van der Waals surface area contributed by atoms with Crippen molar-refractivity contribution in [2.75, 3.05) is 5.73 Å². The fourth-order valence-electron chi connectivity index (χ4n) is 1.60. The van der Waals surface area contributed by atoms with Crippen molar-refractivity contribution >= 4 is 32.3 Å². The van der Waals surface area contributed by atoms with Gasteiger partial charge in [-0.1, -0.05) is 48.8 Å². The van der Waals surface area contributed by atoms with Gasteiger partial charge in [0, 0.05) is 15.5 Å². The summed E-state index contributed by atoms with van der Waals surface area (Å²) in [7, 11) is 0. The second kappa shape index (κ2) is 4.67. The predicted molar refractivity (Wildman–Crippen MR) is 83.1 cm³/mol. The lowest BCUT2D eigenvalue weighted by molar-refractivity contribution is 0.586. The highest BCUT2D eigenvalue weighted by molar-refractivity contribution is 9.10. The molecule has 2 aromatic rings. The second-order valence-electron chi connectivity index (χ2n) is 5.45. The number of aryl methyl sites for hydroxylation is 1. The van der Waals surface area contributed by atoms with E-state index >= 15 is 0 Å². The molecular formula is C14H17BrN2S. The topological polar surface area (TPSA) is 38.9 Å². The molecule has 1 heterocycles. The Bertz CT molecular complexity index is 582. The van der Waals surface area contributed by atoms with Crippen LogP contribution in [0.1, 0.15) is 31.3 Å². The van der Waals surface area contributed by atoms with Crippen LogP contribution in [0.3, 0.4) is 0 Å². The van der Waals surface area contributed by atoms with Crippen molar-refractivity contribution in [2.45, 2.75) is 33.1 Å². The molecule has 4 heteroatoms. The van der Waals surface area contributed by atoms with Gasteiger partial charge in [-0.05, 0) is 18.6 Å². The molecule has 0 radical (unpaired) electrons. The van der Waals surface area contributed by atoms with Crippen LogP contribution in [0.25, 0.3) is 11.3 Å². The number of nitrogens with two attached hydrogens (primary N) is 1. The van der Waals surface area contributed by atoms with Crippen molar-refractivity contribution in [2.24, 2.45) is 0 Å². The number of halogens is 1. The minimum Gasteiger partial charge on any atom is -0.389 e. The summed E-state index contributed by atoms with van der Waals surface area (Å²) in [6, 6.07) is 6.22. The van der Waals surface area contributed by atoms with Gasteiger partial charge >= 0.3 is 0 Å². The molecule has 96 valence electrons. The molecule has 0 saturated carbocycles. The van der Waals surface area contributed by atoms with Crippen LogP contribution in [-0.4, -0.2) is 4.98 Å². The normalized spacial score (nSPS) is 11.8. The highest BCUT2D eigenvalue weighted by Gasteiger charge is 2.21. The Kier molecular flexibility index (Phi) is 3.52. The molecule has 0 spiro atoms. The van der Waals surface area contributed by atoms with E-state index in [1.54, 1.807) is 11.3 Å². The minimum atomic E-state index is 0.0406. The maximum absolute atomic E-state index is 6.10. The average molecular weight is 325 g/mol. The zero-order valence-electron chi connectivity index (χ0n) is 11.0. The van der Waals surface area contributed by atoms with Crippen LogP contribution in [0, 0.1) is 6.92 Å². The molecule has 0 amide bonds. The summed E-state index contributed by atoms with van der Waals surface area (Å²) in [5.41, 5.74) is 9.31. The first-order valence-corrected chi connectivity index (χ1v) is 7.43. The fourth-order valence-corrected chi connectivity index (χ4v) is 2.89. The van der Waals surface area contributed by atoms with Gasteiger partial charge in [-0.15, -0.1) is 11.3 Å². The highest BCUT2D eigenvalue weighted by atomic mass is 79.9. The number of nitrogen functional groups attached to an aromatic ring is 1. The van der Waals surface area contributed by atoms with Gasteiger partial charge in [0.2, 0.25) is 0 Å². The number of thiazole rings is 1. The molecule has 2 nitrogen and oxygen atoms in total. The summed E-state index contributed by atoms with van der Waals surface area (Å²) < 4.78 is 1.09. The lowest BCUT2D eigenvalue weighted by atomic mass is 9.98. The van der Waals surface area contributed by atoms with E-state index in [0.29, 0.717) is 0 Å².